The number of azide groups is 1. The highest BCUT2D eigenvalue weighted by molar-refractivity contribution is 4.97. The molecular weight excluding hydrogens is 1230 g/mol. The molecule has 602 valence electrons. The Bertz CT molecular complexity index is 1370. The van der Waals surface area contributed by atoms with Gasteiger partial charge in [-0.2, -0.15) is 0 Å². The van der Waals surface area contributed by atoms with Crippen molar-refractivity contribution in [3.8, 4) is 0 Å². The molecule has 0 atom stereocenters. The molecule has 3 nitrogen and oxygen atoms in total. The maximum absolute atomic E-state index is 11.8. The molecule has 0 bridgehead atoms. The fourth-order valence-electron chi connectivity index (χ4n) is 21.2. The molecule has 0 spiro atoms. The van der Waals surface area contributed by atoms with Crippen molar-refractivity contribution >= 4 is 0 Å². The summed E-state index contributed by atoms with van der Waals surface area (Å²) in [5.74, 6) is 3.83. The predicted octanol–water partition coefficient (Wildman–Crippen LogP) is 37.3. The summed E-state index contributed by atoms with van der Waals surface area (Å²) in [5.41, 5.74) is 11.8. The second-order valence-corrected chi connectivity index (χ2v) is 36.9. The van der Waals surface area contributed by atoms with Gasteiger partial charge < -0.3 is 0 Å². The predicted molar refractivity (Wildman–Crippen MR) is 459 cm³/mol. The maximum atomic E-state index is 11.8. The molecule has 3 heteroatoms. The lowest BCUT2D eigenvalue weighted by Gasteiger charge is -2.47. The minimum absolute atomic E-state index is 0.150. The van der Waals surface area contributed by atoms with Crippen LogP contribution in [0.2, 0.25) is 0 Å². The van der Waals surface area contributed by atoms with Crippen molar-refractivity contribution in [2.45, 2.75) is 597 Å². The van der Waals surface area contributed by atoms with E-state index in [0.717, 1.165) is 0 Å². The van der Waals surface area contributed by atoms with Crippen LogP contribution in [0.1, 0.15) is 591 Å². The second kappa shape index (κ2) is 75.7. The zero-order valence-electron chi connectivity index (χ0n) is 70.4. The van der Waals surface area contributed by atoms with Crippen LogP contribution in [0.5, 0.6) is 0 Å². The minimum atomic E-state index is 0.150. The summed E-state index contributed by atoms with van der Waals surface area (Å²) in [4.78, 5) is 4.38. The number of nitrogens with zero attached hydrogens (tertiary/aromatic N) is 3. The second-order valence-electron chi connectivity index (χ2n) is 36.9. The molecule has 0 aliphatic heterocycles. The Hall–Kier alpha value is -0.690. The maximum Gasteiger partial charge on any atom is 0.0441 e. The Labute approximate surface area is 644 Å². The first-order chi connectivity index (χ1) is 50.9. The van der Waals surface area contributed by atoms with Crippen molar-refractivity contribution in [3.63, 3.8) is 0 Å². The Morgan fingerprint density at radius 2 is 0.216 bits per heavy atom. The van der Waals surface area contributed by atoms with Gasteiger partial charge in [-0.1, -0.05) is 596 Å². The van der Waals surface area contributed by atoms with Crippen molar-refractivity contribution in [1.29, 1.82) is 0 Å². The van der Waals surface area contributed by atoms with Crippen molar-refractivity contribution < 1.29 is 0 Å². The Morgan fingerprint density at radius 3 is 0.294 bits per heavy atom. The highest BCUT2D eigenvalue weighted by atomic mass is 15.2. The highest BCUT2D eigenvalue weighted by Gasteiger charge is 2.44. The Kier molecular flexibility index (Phi) is 69.5. The van der Waals surface area contributed by atoms with Crippen molar-refractivity contribution in [2.75, 3.05) is 0 Å². The van der Waals surface area contributed by atoms with Crippen LogP contribution in [-0.4, -0.2) is 6.04 Å². The quantitative estimate of drug-likeness (QED) is 0.139. The molecule has 0 heterocycles. The molecule has 0 aromatic rings. The van der Waals surface area contributed by atoms with Crippen molar-refractivity contribution in [1.82, 2.24) is 0 Å². The van der Waals surface area contributed by atoms with E-state index in [1.165, 1.54) is 591 Å². The van der Waals surface area contributed by atoms with Crippen LogP contribution in [0.3, 0.4) is 0 Å². The van der Waals surface area contributed by atoms with Gasteiger partial charge in [0.25, 0.3) is 0 Å². The molecular formula is C99H191N3. The van der Waals surface area contributed by atoms with Gasteiger partial charge in [-0.25, -0.2) is 0 Å². The van der Waals surface area contributed by atoms with Crippen molar-refractivity contribution in [2.24, 2.45) is 40.6 Å². The first-order valence-electron chi connectivity index (χ1n) is 49.9. The molecule has 0 amide bonds. The van der Waals surface area contributed by atoms with Crippen LogP contribution < -0.4 is 0 Å². The van der Waals surface area contributed by atoms with Gasteiger partial charge in [0.2, 0.25) is 0 Å². The van der Waals surface area contributed by atoms with Gasteiger partial charge in [0.1, 0.15) is 0 Å². The summed E-state index contributed by atoms with van der Waals surface area (Å²) in [6.45, 7) is 0. The monoisotopic (exact) mass is 1420 g/mol. The van der Waals surface area contributed by atoms with Gasteiger partial charge >= 0.3 is 0 Å². The summed E-state index contributed by atoms with van der Waals surface area (Å²) in [5, 5.41) is 5.78. The SMILES string of the molecule is [N-]=[N+]=NC(C(C1CCCCCCCCCCCCCCCCCCCCCCC1)C1CCCCCCCCCCCCCCCCCCCCCCC1)C(C1CCCCCCCCCCCCCCCCCCCCCCC1)C1CCCCCCCCCCCCCCCCCCCCCCC1. The van der Waals surface area contributed by atoms with Gasteiger partial charge in [-0.15, -0.1) is 0 Å². The smallest absolute Gasteiger partial charge is 0.0441 e. The molecule has 0 aromatic carbocycles. The Balaban J connectivity index is 1.85. The fourth-order valence-corrected chi connectivity index (χ4v) is 21.2. The van der Waals surface area contributed by atoms with Crippen LogP contribution in [0, 0.1) is 35.5 Å². The van der Waals surface area contributed by atoms with E-state index in [1.807, 2.05) is 0 Å². The van der Waals surface area contributed by atoms with E-state index in [2.05, 4.69) is 4.91 Å². The third-order valence-electron chi connectivity index (χ3n) is 27.8. The lowest BCUT2D eigenvalue weighted by atomic mass is 9.60. The molecule has 4 rings (SSSR count). The summed E-state index contributed by atoms with van der Waals surface area (Å²) >= 11 is 0. The van der Waals surface area contributed by atoms with Gasteiger partial charge in [-0.05, 0) is 41.0 Å². The topological polar surface area (TPSA) is 48.8 Å². The molecule has 0 saturated heterocycles. The van der Waals surface area contributed by atoms with Crippen LogP contribution in [0.15, 0.2) is 5.11 Å². The molecule has 4 fully saturated rings. The van der Waals surface area contributed by atoms with E-state index < -0.39 is 0 Å². The zero-order valence-corrected chi connectivity index (χ0v) is 70.4. The van der Waals surface area contributed by atoms with E-state index >= 15 is 0 Å². The Morgan fingerprint density at radius 1 is 0.137 bits per heavy atom. The lowest BCUT2D eigenvalue weighted by Crippen LogP contribution is -2.44. The number of rotatable bonds is 7. The van der Waals surface area contributed by atoms with E-state index in [-0.39, 0.29) is 6.04 Å². The first kappa shape index (κ1) is 93.7. The summed E-state index contributed by atoms with van der Waals surface area (Å²) in [6, 6.07) is 0.150. The van der Waals surface area contributed by atoms with E-state index in [1.54, 1.807) is 0 Å². The molecule has 4 saturated carbocycles. The average Bonchev–Trinajstić information content (AvgIpc) is 0.795. The molecule has 0 unspecified atom stereocenters. The van der Waals surface area contributed by atoms with E-state index in [9.17, 15) is 5.53 Å². The van der Waals surface area contributed by atoms with Crippen LogP contribution in [0.4, 0.5) is 0 Å². The molecule has 0 N–H and O–H groups in total. The first-order valence-corrected chi connectivity index (χ1v) is 49.9. The molecule has 4 aliphatic carbocycles. The van der Waals surface area contributed by atoms with Gasteiger partial charge in [-0.3, -0.25) is 0 Å². The van der Waals surface area contributed by atoms with Crippen LogP contribution >= 0.6 is 0 Å². The average molecular weight is 1420 g/mol. The van der Waals surface area contributed by atoms with Gasteiger partial charge in [0.05, 0.1) is 0 Å². The van der Waals surface area contributed by atoms with Crippen molar-refractivity contribution in [3.05, 3.63) is 10.4 Å². The molecule has 4 aliphatic rings. The summed E-state index contributed by atoms with van der Waals surface area (Å²) in [7, 11) is 0. The third-order valence-corrected chi connectivity index (χ3v) is 27.8. The lowest BCUT2D eigenvalue weighted by molar-refractivity contribution is 0.0530. The number of hydrogen-bond donors (Lipinski definition) is 0. The summed E-state index contributed by atoms with van der Waals surface area (Å²) < 4.78 is 0. The van der Waals surface area contributed by atoms with Gasteiger partial charge in [0.15, 0.2) is 0 Å². The zero-order chi connectivity index (χ0) is 71.5. The third kappa shape index (κ3) is 56.5. The standard InChI is InChI=1S/C99H191N3/c100-102-101-99(97(93-85-77-69-61-53-45-37-29-21-13-5-1-6-14-22-30-38-46-54-62-70-78-86-93)94-87-79-71-63-55-47-39-31-23-15-7-2-8-16-24-32-40-48-56-64-72-80-88-94)98(95-89-81-73-65-57-49-41-33-25-17-9-3-10-18-26-34-42-50-58-66-74-82-90-95)96-91-83-75-67-59-51-43-35-27-19-11-4-12-20-28-36-44-52-60-68-76-84-92-96/h93-99H,1-92H2. The van der Waals surface area contributed by atoms with E-state index in [4.69, 9.17) is 5.11 Å². The highest BCUT2D eigenvalue weighted by Crippen LogP contribution is 2.49. The van der Waals surface area contributed by atoms with E-state index in [0.29, 0.717) is 35.5 Å². The minimum Gasteiger partial charge on any atom is -0.0900 e. The largest absolute Gasteiger partial charge is 0.0900 e. The normalized spacial score (nSPS) is 24.7. The molecule has 102 heavy (non-hydrogen) atoms. The van der Waals surface area contributed by atoms with Crippen LogP contribution in [-0.2, 0) is 0 Å². The van der Waals surface area contributed by atoms with Crippen LogP contribution in [0.25, 0.3) is 10.4 Å². The number of hydrogen-bond acceptors (Lipinski definition) is 1. The van der Waals surface area contributed by atoms with Gasteiger partial charge in [0, 0.05) is 11.0 Å². The molecule has 0 radical (unpaired) electrons. The summed E-state index contributed by atoms with van der Waals surface area (Å²) in [6.07, 6.45) is 133. The molecule has 0 aromatic heterocycles. The fraction of sp³-hybridized carbons (Fsp3) is 1.00.